The molecule has 1 fully saturated rings. The number of carbonyl (C=O) groups is 1. The number of thiazole rings is 1. The lowest BCUT2D eigenvalue weighted by Crippen LogP contribution is -2.50. The van der Waals surface area contributed by atoms with E-state index in [1.807, 2.05) is 24.4 Å². The molecule has 1 aliphatic rings. The van der Waals surface area contributed by atoms with Gasteiger partial charge in [-0.2, -0.15) is 0 Å². The maximum absolute atomic E-state index is 9.83. The molecule has 23 heavy (non-hydrogen) atoms. The highest BCUT2D eigenvalue weighted by Crippen LogP contribution is 2.26. The summed E-state index contributed by atoms with van der Waals surface area (Å²) in [5.74, 6) is 0. The molecule has 2 atom stereocenters. The zero-order chi connectivity index (χ0) is 16.7. The van der Waals surface area contributed by atoms with Crippen LogP contribution in [0.3, 0.4) is 0 Å². The molecule has 2 aromatic rings. The van der Waals surface area contributed by atoms with Crippen molar-refractivity contribution in [1.82, 2.24) is 9.88 Å². The standard InChI is InChI=1S/C15H19N3OS.CH2O2/c16-13-6-7-18(10-14(13)19)9-12-8-17-15(20-12)11-4-2-1-3-5-11;2-1-3/h1-5,8,13-14,19H,6-7,9-10,16H2;1H,(H,2,3)/t13-,14-;/m1./s1. The van der Waals surface area contributed by atoms with Crippen LogP contribution in [0, 0.1) is 0 Å². The number of piperidine rings is 1. The van der Waals surface area contributed by atoms with Crippen molar-refractivity contribution in [1.29, 1.82) is 0 Å². The summed E-state index contributed by atoms with van der Waals surface area (Å²) >= 11 is 1.72. The van der Waals surface area contributed by atoms with Gasteiger partial charge in [0.05, 0.1) is 6.10 Å². The molecular formula is C16H21N3O3S. The van der Waals surface area contributed by atoms with Crippen molar-refractivity contribution in [2.75, 3.05) is 13.1 Å². The van der Waals surface area contributed by atoms with E-state index in [0.717, 1.165) is 30.1 Å². The molecule has 0 unspecified atom stereocenters. The van der Waals surface area contributed by atoms with Crippen molar-refractivity contribution in [3.05, 3.63) is 41.4 Å². The second-order valence-electron chi connectivity index (χ2n) is 5.36. The largest absolute Gasteiger partial charge is 0.483 e. The summed E-state index contributed by atoms with van der Waals surface area (Å²) in [4.78, 5) is 16.3. The Labute approximate surface area is 139 Å². The third kappa shape index (κ3) is 5.11. The second kappa shape index (κ2) is 8.73. The van der Waals surface area contributed by atoms with Gasteiger partial charge in [0.15, 0.2) is 0 Å². The minimum Gasteiger partial charge on any atom is -0.483 e. The van der Waals surface area contributed by atoms with Gasteiger partial charge in [-0.05, 0) is 6.42 Å². The molecule has 6 nitrogen and oxygen atoms in total. The van der Waals surface area contributed by atoms with E-state index in [9.17, 15) is 5.11 Å². The topological polar surface area (TPSA) is 99.7 Å². The Morgan fingerprint density at radius 1 is 1.39 bits per heavy atom. The molecule has 1 aromatic heterocycles. The summed E-state index contributed by atoms with van der Waals surface area (Å²) in [5, 5.41) is 17.8. The Hall–Kier alpha value is -1.80. The van der Waals surface area contributed by atoms with Gasteiger partial charge in [-0.3, -0.25) is 9.69 Å². The number of hydrogen-bond acceptors (Lipinski definition) is 6. The monoisotopic (exact) mass is 335 g/mol. The SMILES string of the molecule is N[C@@H]1CCN(Cc2cnc(-c3ccccc3)s2)C[C@H]1O.O=CO. The Kier molecular flexibility index (Phi) is 6.66. The van der Waals surface area contributed by atoms with E-state index < -0.39 is 6.10 Å². The van der Waals surface area contributed by atoms with Gasteiger partial charge in [0.2, 0.25) is 0 Å². The van der Waals surface area contributed by atoms with Gasteiger partial charge in [-0.25, -0.2) is 4.98 Å². The minimum atomic E-state index is -0.412. The Bertz CT molecular complexity index is 606. The summed E-state index contributed by atoms with van der Waals surface area (Å²) in [7, 11) is 0. The third-order valence-corrected chi connectivity index (χ3v) is 4.70. The fourth-order valence-corrected chi connectivity index (χ4v) is 3.43. The molecule has 0 bridgehead atoms. The van der Waals surface area contributed by atoms with E-state index >= 15 is 0 Å². The molecule has 1 saturated heterocycles. The lowest BCUT2D eigenvalue weighted by atomic mass is 10.0. The number of nitrogens with two attached hydrogens (primary N) is 1. The van der Waals surface area contributed by atoms with E-state index in [1.165, 1.54) is 4.88 Å². The molecule has 3 rings (SSSR count). The Morgan fingerprint density at radius 3 is 2.74 bits per heavy atom. The highest BCUT2D eigenvalue weighted by molar-refractivity contribution is 7.15. The van der Waals surface area contributed by atoms with Crippen LogP contribution in [0.4, 0.5) is 0 Å². The van der Waals surface area contributed by atoms with Crippen LogP contribution in [0.1, 0.15) is 11.3 Å². The number of rotatable bonds is 3. The molecule has 124 valence electrons. The molecule has 2 heterocycles. The normalized spacial score (nSPS) is 21.3. The van der Waals surface area contributed by atoms with Gasteiger partial charge in [-0.1, -0.05) is 30.3 Å². The summed E-state index contributed by atoms with van der Waals surface area (Å²) in [6.45, 7) is 2.19. The molecule has 0 amide bonds. The lowest BCUT2D eigenvalue weighted by molar-refractivity contribution is -0.122. The predicted octanol–water partition coefficient (Wildman–Crippen LogP) is 1.40. The molecule has 4 N–H and O–H groups in total. The first-order chi connectivity index (χ1) is 11.1. The van der Waals surface area contributed by atoms with Crippen LogP contribution in [-0.2, 0) is 11.3 Å². The molecule has 1 aliphatic heterocycles. The lowest BCUT2D eigenvalue weighted by Gasteiger charge is -2.33. The first-order valence-corrected chi connectivity index (χ1v) is 8.19. The van der Waals surface area contributed by atoms with Crippen molar-refractivity contribution in [3.63, 3.8) is 0 Å². The molecular weight excluding hydrogens is 314 g/mol. The van der Waals surface area contributed by atoms with E-state index in [0.29, 0.717) is 6.54 Å². The maximum Gasteiger partial charge on any atom is 0.290 e. The number of benzene rings is 1. The third-order valence-electron chi connectivity index (χ3n) is 3.67. The van der Waals surface area contributed by atoms with Crippen molar-refractivity contribution in [3.8, 4) is 10.6 Å². The molecule has 0 saturated carbocycles. The smallest absolute Gasteiger partial charge is 0.290 e. The molecule has 0 spiro atoms. The first kappa shape index (κ1) is 17.6. The van der Waals surface area contributed by atoms with Gasteiger partial charge in [0, 0.05) is 42.3 Å². The molecule has 0 aliphatic carbocycles. The van der Waals surface area contributed by atoms with E-state index in [2.05, 4.69) is 22.0 Å². The van der Waals surface area contributed by atoms with Crippen LogP contribution in [-0.4, -0.2) is 51.8 Å². The van der Waals surface area contributed by atoms with Crippen LogP contribution >= 0.6 is 11.3 Å². The van der Waals surface area contributed by atoms with Gasteiger partial charge >= 0.3 is 0 Å². The quantitative estimate of drug-likeness (QED) is 0.733. The zero-order valence-electron chi connectivity index (χ0n) is 12.7. The van der Waals surface area contributed by atoms with Crippen LogP contribution in [0.2, 0.25) is 0 Å². The van der Waals surface area contributed by atoms with Crippen LogP contribution < -0.4 is 5.73 Å². The molecule has 1 aromatic carbocycles. The molecule has 7 heteroatoms. The summed E-state index contributed by atoms with van der Waals surface area (Å²) < 4.78 is 0. The van der Waals surface area contributed by atoms with Crippen molar-refractivity contribution in [2.45, 2.75) is 25.1 Å². The van der Waals surface area contributed by atoms with Crippen LogP contribution in [0.15, 0.2) is 36.5 Å². The van der Waals surface area contributed by atoms with E-state index in [1.54, 1.807) is 11.3 Å². The van der Waals surface area contributed by atoms with Gasteiger partial charge < -0.3 is 15.9 Å². The Morgan fingerprint density at radius 2 is 2.09 bits per heavy atom. The first-order valence-electron chi connectivity index (χ1n) is 7.38. The summed E-state index contributed by atoms with van der Waals surface area (Å²) in [6.07, 6.45) is 2.38. The highest BCUT2D eigenvalue weighted by atomic mass is 32.1. The fourth-order valence-electron chi connectivity index (χ4n) is 2.47. The number of carboxylic acid groups (broad SMARTS) is 1. The number of aromatic nitrogens is 1. The number of aliphatic hydroxyl groups excluding tert-OH is 1. The number of hydrogen-bond donors (Lipinski definition) is 3. The van der Waals surface area contributed by atoms with Crippen molar-refractivity contribution in [2.24, 2.45) is 5.73 Å². The maximum atomic E-state index is 9.83. The molecule has 0 radical (unpaired) electrons. The second-order valence-corrected chi connectivity index (χ2v) is 6.47. The van der Waals surface area contributed by atoms with E-state index in [4.69, 9.17) is 15.6 Å². The highest BCUT2D eigenvalue weighted by Gasteiger charge is 2.24. The van der Waals surface area contributed by atoms with Crippen molar-refractivity contribution >= 4 is 17.8 Å². The number of likely N-dealkylation sites (tertiary alicyclic amines) is 1. The summed E-state index contributed by atoms with van der Waals surface area (Å²) in [5.41, 5.74) is 6.98. The summed E-state index contributed by atoms with van der Waals surface area (Å²) in [6, 6.07) is 10.1. The van der Waals surface area contributed by atoms with Gasteiger partial charge in [0.1, 0.15) is 5.01 Å². The fraction of sp³-hybridized carbons (Fsp3) is 0.375. The number of nitrogens with zero attached hydrogens (tertiary/aromatic N) is 2. The minimum absolute atomic E-state index is 0.0763. The van der Waals surface area contributed by atoms with E-state index in [-0.39, 0.29) is 12.5 Å². The van der Waals surface area contributed by atoms with Crippen LogP contribution in [0.25, 0.3) is 10.6 Å². The van der Waals surface area contributed by atoms with Gasteiger partial charge in [-0.15, -0.1) is 11.3 Å². The van der Waals surface area contributed by atoms with Gasteiger partial charge in [0.25, 0.3) is 6.47 Å². The Balaban J connectivity index is 0.000000595. The van der Waals surface area contributed by atoms with Crippen LogP contribution in [0.5, 0.6) is 0 Å². The van der Waals surface area contributed by atoms with Crippen molar-refractivity contribution < 1.29 is 15.0 Å². The zero-order valence-corrected chi connectivity index (χ0v) is 13.5. The number of aliphatic hydroxyl groups is 1. The number of β-amino-alcohol motifs (C(OH)–C–C–N with tert-alkyl or cyclic N) is 1. The average molecular weight is 335 g/mol. The predicted molar refractivity (Wildman–Crippen MR) is 90.1 cm³/mol. The average Bonchev–Trinajstić information content (AvgIpc) is 3.01.